The predicted octanol–water partition coefficient (Wildman–Crippen LogP) is 2.87. The maximum absolute atomic E-state index is 12.7. The summed E-state index contributed by atoms with van der Waals surface area (Å²) in [4.78, 5) is 14.8. The van der Waals surface area contributed by atoms with Crippen LogP contribution in [-0.2, 0) is 14.8 Å². The molecular formula is C21H29N3O3S. The van der Waals surface area contributed by atoms with Crippen molar-refractivity contribution in [3.8, 4) is 0 Å². The molecule has 0 bridgehead atoms. The van der Waals surface area contributed by atoms with Crippen molar-refractivity contribution < 1.29 is 13.2 Å². The van der Waals surface area contributed by atoms with Crippen LogP contribution in [0.5, 0.6) is 0 Å². The molecule has 2 aromatic carbocycles. The lowest BCUT2D eigenvalue weighted by molar-refractivity contribution is -0.122. The van der Waals surface area contributed by atoms with Crippen LogP contribution in [0.4, 0.5) is 11.4 Å². The predicted molar refractivity (Wildman–Crippen MR) is 115 cm³/mol. The monoisotopic (exact) mass is 403 g/mol. The fourth-order valence-corrected chi connectivity index (χ4v) is 4.30. The van der Waals surface area contributed by atoms with Gasteiger partial charge < -0.3 is 10.2 Å². The molecule has 7 heteroatoms. The van der Waals surface area contributed by atoms with Gasteiger partial charge in [-0.3, -0.25) is 9.10 Å². The third-order valence-corrected chi connectivity index (χ3v) is 5.69. The Kier molecular flexibility index (Phi) is 7.87. The number of nitrogens with one attached hydrogen (secondary N) is 1. The number of hydrogen-bond acceptors (Lipinski definition) is 4. The fraction of sp³-hybridized carbons (Fsp3) is 0.381. The Balaban J connectivity index is 1.96. The van der Waals surface area contributed by atoms with Crippen molar-refractivity contribution in [1.82, 2.24) is 5.32 Å². The number of sulfonamides is 1. The molecule has 0 heterocycles. The Hall–Kier alpha value is -2.54. The molecule has 0 aliphatic heterocycles. The van der Waals surface area contributed by atoms with E-state index in [9.17, 15) is 13.2 Å². The lowest BCUT2D eigenvalue weighted by atomic mass is 10.2. The largest absolute Gasteiger partial charge is 0.375 e. The number of nitrogens with zero attached hydrogens (tertiary/aromatic N) is 2. The average Bonchev–Trinajstić information content (AvgIpc) is 2.69. The highest BCUT2D eigenvalue weighted by molar-refractivity contribution is 7.92. The van der Waals surface area contributed by atoms with Crippen LogP contribution in [0, 0.1) is 0 Å². The van der Waals surface area contributed by atoms with E-state index in [1.165, 1.54) is 4.31 Å². The van der Waals surface area contributed by atoms with E-state index >= 15 is 0 Å². The van der Waals surface area contributed by atoms with E-state index < -0.39 is 16.1 Å². The minimum atomic E-state index is -3.59. The number of amides is 1. The van der Waals surface area contributed by atoms with Gasteiger partial charge in [-0.2, -0.15) is 0 Å². The van der Waals surface area contributed by atoms with Crippen LogP contribution >= 0.6 is 0 Å². The second-order valence-corrected chi connectivity index (χ2v) is 8.58. The Morgan fingerprint density at radius 3 is 2.04 bits per heavy atom. The van der Waals surface area contributed by atoms with Gasteiger partial charge >= 0.3 is 0 Å². The summed E-state index contributed by atoms with van der Waals surface area (Å²) in [5, 5.41) is 2.89. The van der Waals surface area contributed by atoms with Crippen LogP contribution < -0.4 is 14.5 Å². The zero-order chi connectivity index (χ0) is 20.6. The summed E-state index contributed by atoms with van der Waals surface area (Å²) in [6.07, 6.45) is 2.28. The molecule has 0 aromatic heterocycles. The number of carbonyl (C=O) groups is 1. The average molecular weight is 404 g/mol. The maximum atomic E-state index is 12.7. The Morgan fingerprint density at radius 2 is 1.54 bits per heavy atom. The number of rotatable bonds is 10. The van der Waals surface area contributed by atoms with Crippen LogP contribution in [0.2, 0.25) is 0 Å². The number of hydrogen-bond donors (Lipinski definition) is 1. The van der Waals surface area contributed by atoms with Crippen LogP contribution in [0.1, 0.15) is 19.8 Å². The Bertz CT molecular complexity index is 842. The zero-order valence-electron chi connectivity index (χ0n) is 16.7. The first-order valence-corrected chi connectivity index (χ1v) is 11.3. The topological polar surface area (TPSA) is 69.7 Å². The minimum Gasteiger partial charge on any atom is -0.375 e. The van der Waals surface area contributed by atoms with E-state index in [0.717, 1.165) is 24.9 Å². The second-order valence-electron chi connectivity index (χ2n) is 6.72. The highest BCUT2D eigenvalue weighted by Crippen LogP contribution is 2.22. The Labute approximate surface area is 168 Å². The highest BCUT2D eigenvalue weighted by atomic mass is 32.2. The summed E-state index contributed by atoms with van der Waals surface area (Å²) >= 11 is 0. The van der Waals surface area contributed by atoms with E-state index in [-0.39, 0.29) is 5.91 Å². The highest BCUT2D eigenvalue weighted by Gasteiger charge is 2.31. The first-order chi connectivity index (χ1) is 13.3. The molecule has 6 nitrogen and oxygen atoms in total. The lowest BCUT2D eigenvalue weighted by Gasteiger charge is -2.30. The van der Waals surface area contributed by atoms with E-state index in [1.54, 1.807) is 24.3 Å². The van der Waals surface area contributed by atoms with Gasteiger partial charge in [-0.25, -0.2) is 8.42 Å². The molecule has 0 aliphatic carbocycles. The van der Waals surface area contributed by atoms with Gasteiger partial charge in [-0.15, -0.1) is 0 Å². The van der Waals surface area contributed by atoms with Crippen LogP contribution in [0.3, 0.4) is 0 Å². The molecule has 1 atom stereocenters. The molecule has 1 amide bonds. The van der Waals surface area contributed by atoms with Crippen molar-refractivity contribution in [2.75, 3.05) is 35.6 Å². The summed E-state index contributed by atoms with van der Waals surface area (Å²) in [6, 6.07) is 18.0. The standard InChI is InChI=1S/C21H29N3O3S/c1-4-20(24(28(3,26)27)19-14-9-6-10-15-19)21(25)22-16-11-17-23(2)18-12-7-5-8-13-18/h5-10,12-15,20H,4,11,16-17H2,1-3H3,(H,22,25)/t20-/m0/s1. The van der Waals surface area contributed by atoms with Crippen molar-refractivity contribution in [3.05, 3.63) is 60.7 Å². The first kappa shape index (κ1) is 21.8. The number of para-hydroxylation sites is 2. The Morgan fingerprint density at radius 1 is 1.00 bits per heavy atom. The summed E-state index contributed by atoms with van der Waals surface area (Å²) in [6.45, 7) is 3.09. The molecule has 0 aliphatic rings. The van der Waals surface area contributed by atoms with E-state index in [4.69, 9.17) is 0 Å². The van der Waals surface area contributed by atoms with Crippen molar-refractivity contribution in [1.29, 1.82) is 0 Å². The number of anilines is 2. The van der Waals surface area contributed by atoms with Gasteiger partial charge in [0.1, 0.15) is 6.04 Å². The molecule has 2 aromatic rings. The van der Waals surface area contributed by atoms with Crippen LogP contribution in [-0.4, -0.2) is 46.8 Å². The molecule has 0 unspecified atom stereocenters. The third kappa shape index (κ3) is 5.99. The van der Waals surface area contributed by atoms with Gasteiger partial charge in [-0.1, -0.05) is 43.3 Å². The summed E-state index contributed by atoms with van der Waals surface area (Å²) in [5.41, 5.74) is 1.61. The summed E-state index contributed by atoms with van der Waals surface area (Å²) in [7, 11) is -1.58. The molecular weight excluding hydrogens is 374 g/mol. The van der Waals surface area contributed by atoms with Crippen molar-refractivity contribution >= 4 is 27.3 Å². The maximum Gasteiger partial charge on any atom is 0.243 e. The quantitative estimate of drug-likeness (QED) is 0.620. The molecule has 2 rings (SSSR count). The van der Waals surface area contributed by atoms with Crippen LogP contribution in [0.25, 0.3) is 0 Å². The normalized spacial score (nSPS) is 12.2. The molecule has 28 heavy (non-hydrogen) atoms. The molecule has 0 saturated carbocycles. The van der Waals surface area contributed by atoms with E-state index in [2.05, 4.69) is 10.2 Å². The van der Waals surface area contributed by atoms with Crippen molar-refractivity contribution in [2.24, 2.45) is 0 Å². The minimum absolute atomic E-state index is 0.279. The fourth-order valence-electron chi connectivity index (χ4n) is 3.09. The molecule has 152 valence electrons. The van der Waals surface area contributed by atoms with E-state index in [0.29, 0.717) is 18.7 Å². The molecule has 1 N–H and O–H groups in total. The summed E-state index contributed by atoms with van der Waals surface area (Å²) in [5.74, 6) is -0.279. The van der Waals surface area contributed by atoms with Gasteiger partial charge in [0.15, 0.2) is 0 Å². The molecule has 0 saturated heterocycles. The first-order valence-electron chi connectivity index (χ1n) is 9.43. The lowest BCUT2D eigenvalue weighted by Crippen LogP contribution is -2.49. The molecule has 0 fully saturated rings. The zero-order valence-corrected chi connectivity index (χ0v) is 17.5. The molecule has 0 radical (unpaired) electrons. The smallest absolute Gasteiger partial charge is 0.243 e. The number of carbonyl (C=O) groups excluding carboxylic acids is 1. The van der Waals surface area contributed by atoms with Gasteiger partial charge in [0.2, 0.25) is 15.9 Å². The van der Waals surface area contributed by atoms with Gasteiger partial charge in [0.25, 0.3) is 0 Å². The van der Waals surface area contributed by atoms with Gasteiger partial charge in [-0.05, 0) is 37.1 Å². The van der Waals surface area contributed by atoms with Crippen LogP contribution in [0.15, 0.2) is 60.7 Å². The van der Waals surface area contributed by atoms with Crippen molar-refractivity contribution in [3.63, 3.8) is 0 Å². The van der Waals surface area contributed by atoms with Gasteiger partial charge in [0, 0.05) is 25.8 Å². The van der Waals surface area contributed by atoms with E-state index in [1.807, 2.05) is 50.4 Å². The SMILES string of the molecule is CC[C@@H](C(=O)NCCCN(C)c1ccccc1)N(c1ccccc1)S(C)(=O)=O. The van der Waals surface area contributed by atoms with Crippen molar-refractivity contribution in [2.45, 2.75) is 25.8 Å². The third-order valence-electron chi connectivity index (χ3n) is 4.51. The number of benzene rings is 2. The molecule has 0 spiro atoms. The van der Waals surface area contributed by atoms with Gasteiger partial charge in [0.05, 0.1) is 11.9 Å². The summed E-state index contributed by atoms with van der Waals surface area (Å²) < 4.78 is 25.9. The second kappa shape index (κ2) is 10.1.